The van der Waals surface area contributed by atoms with Crippen LogP contribution in [-0.2, 0) is 6.42 Å². The second kappa shape index (κ2) is 3.52. The van der Waals surface area contributed by atoms with Gasteiger partial charge >= 0.3 is 0 Å². The smallest absolute Gasteiger partial charge is 0.0420 e. The fourth-order valence-corrected chi connectivity index (χ4v) is 2.09. The lowest BCUT2D eigenvalue weighted by Gasteiger charge is -2.21. The van der Waals surface area contributed by atoms with Crippen LogP contribution in [0.25, 0.3) is 0 Å². The van der Waals surface area contributed by atoms with Crippen LogP contribution in [-0.4, -0.2) is 13.1 Å². The maximum atomic E-state index is 5.80. The normalized spacial score (nSPS) is 14.9. The number of rotatable bonds is 2. The summed E-state index contributed by atoms with van der Waals surface area (Å²) in [5.41, 5.74) is 9.46. The third kappa shape index (κ3) is 1.69. The number of nitrogen functional groups attached to an aromatic ring is 1. The summed E-state index contributed by atoms with van der Waals surface area (Å²) in [7, 11) is 0. The summed E-state index contributed by atoms with van der Waals surface area (Å²) in [4.78, 5) is 2.44. The van der Waals surface area contributed by atoms with Crippen LogP contribution in [0.5, 0.6) is 0 Å². The van der Waals surface area contributed by atoms with Crippen LogP contribution in [0.15, 0.2) is 18.2 Å². The molecule has 0 atom stereocenters. The van der Waals surface area contributed by atoms with Gasteiger partial charge in [0.25, 0.3) is 0 Å². The van der Waals surface area contributed by atoms with E-state index in [0.717, 1.165) is 18.8 Å². The zero-order valence-corrected chi connectivity index (χ0v) is 8.96. The molecular formula is C12H18N2. The van der Waals surface area contributed by atoms with E-state index in [0.29, 0.717) is 5.92 Å². The Hall–Kier alpha value is -1.18. The molecule has 0 saturated carbocycles. The average molecular weight is 190 g/mol. The van der Waals surface area contributed by atoms with Crippen molar-refractivity contribution in [2.75, 3.05) is 23.7 Å². The molecule has 0 aliphatic carbocycles. The first kappa shape index (κ1) is 9.38. The molecule has 0 radical (unpaired) electrons. The molecule has 2 rings (SSSR count). The number of fused-ring (bicyclic) bond motifs is 1. The van der Waals surface area contributed by atoms with Gasteiger partial charge in [0, 0.05) is 24.5 Å². The Labute approximate surface area is 85.7 Å². The summed E-state index contributed by atoms with van der Waals surface area (Å²) in [6.45, 7) is 6.79. The van der Waals surface area contributed by atoms with Gasteiger partial charge in [-0.3, -0.25) is 0 Å². The third-order valence-electron chi connectivity index (χ3n) is 2.69. The number of hydrogen-bond acceptors (Lipinski definition) is 2. The van der Waals surface area contributed by atoms with E-state index in [-0.39, 0.29) is 0 Å². The predicted octanol–water partition coefficient (Wildman–Crippen LogP) is 2.29. The minimum atomic E-state index is 0.711. The number of hydrogen-bond donors (Lipinski definition) is 1. The summed E-state index contributed by atoms with van der Waals surface area (Å²) in [6.07, 6.45) is 1.17. The van der Waals surface area contributed by atoms with Crippen LogP contribution in [0.1, 0.15) is 19.4 Å². The van der Waals surface area contributed by atoms with E-state index in [1.807, 2.05) is 6.07 Å². The first-order valence-electron chi connectivity index (χ1n) is 5.30. The molecule has 2 N–H and O–H groups in total. The first-order chi connectivity index (χ1) is 6.66. The molecule has 2 nitrogen and oxygen atoms in total. The van der Waals surface area contributed by atoms with Crippen LogP contribution in [0.2, 0.25) is 0 Å². The Morgan fingerprint density at radius 1 is 1.43 bits per heavy atom. The highest BCUT2D eigenvalue weighted by atomic mass is 15.1. The van der Waals surface area contributed by atoms with Crippen molar-refractivity contribution in [1.29, 1.82) is 0 Å². The zero-order chi connectivity index (χ0) is 10.1. The number of benzene rings is 1. The van der Waals surface area contributed by atoms with E-state index in [9.17, 15) is 0 Å². The van der Waals surface area contributed by atoms with Crippen LogP contribution < -0.4 is 10.6 Å². The summed E-state index contributed by atoms with van der Waals surface area (Å²) >= 11 is 0. The highest BCUT2D eigenvalue weighted by Crippen LogP contribution is 2.30. The fourth-order valence-electron chi connectivity index (χ4n) is 2.09. The van der Waals surface area contributed by atoms with Gasteiger partial charge in [0.15, 0.2) is 0 Å². The second-order valence-corrected chi connectivity index (χ2v) is 4.48. The summed E-state index contributed by atoms with van der Waals surface area (Å²) in [5.74, 6) is 0.711. The molecule has 0 saturated heterocycles. The van der Waals surface area contributed by atoms with Crippen molar-refractivity contribution in [1.82, 2.24) is 0 Å². The van der Waals surface area contributed by atoms with Gasteiger partial charge in [-0.25, -0.2) is 0 Å². The van der Waals surface area contributed by atoms with Crippen molar-refractivity contribution < 1.29 is 0 Å². The zero-order valence-electron chi connectivity index (χ0n) is 8.96. The first-order valence-corrected chi connectivity index (χ1v) is 5.30. The molecule has 0 amide bonds. The van der Waals surface area contributed by atoms with Gasteiger partial charge in [0.05, 0.1) is 0 Å². The SMILES string of the molecule is CC(C)CN1CCc2ccc(N)cc21. The van der Waals surface area contributed by atoms with Crippen LogP contribution in [0.3, 0.4) is 0 Å². The van der Waals surface area contributed by atoms with Gasteiger partial charge in [-0.15, -0.1) is 0 Å². The molecule has 14 heavy (non-hydrogen) atoms. The molecule has 1 heterocycles. The van der Waals surface area contributed by atoms with Crippen molar-refractivity contribution in [3.8, 4) is 0 Å². The number of nitrogens with two attached hydrogens (primary N) is 1. The van der Waals surface area contributed by atoms with Crippen LogP contribution in [0, 0.1) is 5.92 Å². The molecule has 76 valence electrons. The van der Waals surface area contributed by atoms with Crippen molar-refractivity contribution >= 4 is 11.4 Å². The molecule has 1 aromatic rings. The molecular weight excluding hydrogens is 172 g/mol. The third-order valence-corrected chi connectivity index (χ3v) is 2.69. The summed E-state index contributed by atoms with van der Waals surface area (Å²) < 4.78 is 0. The lowest BCUT2D eigenvalue weighted by Crippen LogP contribution is -2.25. The fraction of sp³-hybridized carbons (Fsp3) is 0.500. The number of anilines is 2. The molecule has 0 aromatic heterocycles. The molecule has 0 unspecified atom stereocenters. The molecule has 2 heteroatoms. The number of nitrogens with zero attached hydrogens (tertiary/aromatic N) is 1. The van der Waals surface area contributed by atoms with Gasteiger partial charge in [-0.1, -0.05) is 19.9 Å². The monoisotopic (exact) mass is 190 g/mol. The predicted molar refractivity (Wildman–Crippen MR) is 61.6 cm³/mol. The molecule has 0 bridgehead atoms. The van der Waals surface area contributed by atoms with E-state index in [4.69, 9.17) is 5.73 Å². The molecule has 1 aromatic carbocycles. The van der Waals surface area contributed by atoms with E-state index in [1.54, 1.807) is 0 Å². The minimum Gasteiger partial charge on any atom is -0.399 e. The summed E-state index contributed by atoms with van der Waals surface area (Å²) in [6, 6.07) is 6.26. The Balaban J connectivity index is 2.24. The second-order valence-electron chi connectivity index (χ2n) is 4.48. The van der Waals surface area contributed by atoms with Gasteiger partial charge in [0.2, 0.25) is 0 Å². The topological polar surface area (TPSA) is 29.3 Å². The minimum absolute atomic E-state index is 0.711. The standard InChI is InChI=1S/C12H18N2/c1-9(2)8-14-6-5-10-3-4-11(13)7-12(10)14/h3-4,7,9H,5-6,8,13H2,1-2H3. The lowest BCUT2D eigenvalue weighted by atomic mass is 10.1. The largest absolute Gasteiger partial charge is 0.399 e. The van der Waals surface area contributed by atoms with E-state index < -0.39 is 0 Å². The Morgan fingerprint density at radius 2 is 2.21 bits per heavy atom. The van der Waals surface area contributed by atoms with E-state index in [2.05, 4.69) is 30.9 Å². The van der Waals surface area contributed by atoms with Crippen molar-refractivity contribution in [3.63, 3.8) is 0 Å². The maximum absolute atomic E-state index is 5.80. The quantitative estimate of drug-likeness (QED) is 0.725. The Bertz CT molecular complexity index is 331. The van der Waals surface area contributed by atoms with E-state index >= 15 is 0 Å². The molecule has 1 aliphatic heterocycles. The Kier molecular flexibility index (Phi) is 2.36. The van der Waals surface area contributed by atoms with Gasteiger partial charge in [-0.05, 0) is 30.0 Å². The maximum Gasteiger partial charge on any atom is 0.0420 e. The highest BCUT2D eigenvalue weighted by molar-refractivity contribution is 5.64. The van der Waals surface area contributed by atoms with Gasteiger partial charge in [0.1, 0.15) is 0 Å². The molecule has 0 fully saturated rings. The van der Waals surface area contributed by atoms with Crippen LogP contribution in [0.4, 0.5) is 11.4 Å². The van der Waals surface area contributed by atoms with Crippen LogP contribution >= 0.6 is 0 Å². The van der Waals surface area contributed by atoms with Crippen molar-refractivity contribution in [2.45, 2.75) is 20.3 Å². The lowest BCUT2D eigenvalue weighted by molar-refractivity contribution is 0.622. The Morgan fingerprint density at radius 3 is 2.93 bits per heavy atom. The van der Waals surface area contributed by atoms with E-state index in [1.165, 1.54) is 17.7 Å². The highest BCUT2D eigenvalue weighted by Gasteiger charge is 2.19. The molecule has 0 spiro atoms. The average Bonchev–Trinajstić information content (AvgIpc) is 2.47. The van der Waals surface area contributed by atoms with Crippen molar-refractivity contribution in [3.05, 3.63) is 23.8 Å². The van der Waals surface area contributed by atoms with Gasteiger partial charge < -0.3 is 10.6 Å². The van der Waals surface area contributed by atoms with Gasteiger partial charge in [-0.2, -0.15) is 0 Å². The summed E-state index contributed by atoms with van der Waals surface area (Å²) in [5, 5.41) is 0. The van der Waals surface area contributed by atoms with Crippen molar-refractivity contribution in [2.24, 2.45) is 5.92 Å². The molecule has 1 aliphatic rings.